The van der Waals surface area contributed by atoms with Crippen LogP contribution in [0.3, 0.4) is 0 Å². The van der Waals surface area contributed by atoms with Gasteiger partial charge < -0.3 is 30.0 Å². The molecule has 0 spiro atoms. The molecular formula is C24H24FN5O4. The van der Waals surface area contributed by atoms with Crippen LogP contribution in [0.1, 0.15) is 35.7 Å². The standard InChI is InChI=1S/C24H24FN5O4/c1-34-23-20(27-9-4-10-29-12-28-15-5-2-3-6-16(15)29)18(25)19(26)17-21(23)30(13-7-8-13)11-14(22(17)31)24(32)33/h2-3,5-6,11-13,27H,4,7-10,26H2,1H3,(H,32,33). The van der Waals surface area contributed by atoms with Crippen LogP contribution in [0, 0.1) is 5.82 Å². The summed E-state index contributed by atoms with van der Waals surface area (Å²) in [7, 11) is 1.39. The zero-order valence-electron chi connectivity index (χ0n) is 18.5. The van der Waals surface area contributed by atoms with Gasteiger partial charge in [0, 0.05) is 25.3 Å². The maximum atomic E-state index is 15.4. The Hall–Kier alpha value is -4.08. The van der Waals surface area contributed by atoms with Gasteiger partial charge in [-0.05, 0) is 31.4 Å². The number of hydrogen-bond acceptors (Lipinski definition) is 6. The Bertz CT molecular complexity index is 1490. The van der Waals surface area contributed by atoms with Gasteiger partial charge in [-0.25, -0.2) is 14.2 Å². The van der Waals surface area contributed by atoms with Crippen LogP contribution >= 0.6 is 0 Å². The third-order valence-electron chi connectivity index (χ3n) is 6.18. The number of ether oxygens (including phenoxy) is 1. The molecule has 0 saturated heterocycles. The fraction of sp³-hybridized carbons (Fsp3) is 0.292. The largest absolute Gasteiger partial charge is 0.492 e. The molecule has 0 atom stereocenters. The highest BCUT2D eigenvalue weighted by Crippen LogP contribution is 2.44. The summed E-state index contributed by atoms with van der Waals surface area (Å²) in [5, 5.41) is 12.4. The molecule has 5 rings (SSSR count). The average Bonchev–Trinajstić information content (AvgIpc) is 3.59. The average molecular weight is 465 g/mol. The molecule has 1 saturated carbocycles. The Morgan fingerprint density at radius 2 is 2.12 bits per heavy atom. The first-order valence-electron chi connectivity index (χ1n) is 11.0. The number of methoxy groups -OCH3 is 1. The first-order chi connectivity index (χ1) is 16.4. The Morgan fingerprint density at radius 1 is 1.35 bits per heavy atom. The van der Waals surface area contributed by atoms with E-state index in [2.05, 4.69) is 10.3 Å². The minimum absolute atomic E-state index is 0.00216. The number of carboxylic acids is 1. The fourth-order valence-electron chi connectivity index (χ4n) is 4.38. The number of carbonyl (C=O) groups is 1. The SMILES string of the molecule is COc1c(NCCCn2cnc3ccccc32)c(F)c(N)c2c(=O)c(C(=O)O)cn(C3CC3)c12. The number of imidazole rings is 1. The van der Waals surface area contributed by atoms with Gasteiger partial charge in [-0.3, -0.25) is 4.79 Å². The number of aromatic carboxylic acids is 1. The van der Waals surface area contributed by atoms with Crippen LogP contribution in [-0.2, 0) is 6.54 Å². The minimum atomic E-state index is -1.38. The highest BCUT2D eigenvalue weighted by Gasteiger charge is 2.31. The Morgan fingerprint density at radius 3 is 2.82 bits per heavy atom. The topological polar surface area (TPSA) is 124 Å². The molecule has 4 aromatic rings. The zero-order valence-corrected chi connectivity index (χ0v) is 18.5. The third kappa shape index (κ3) is 3.51. The van der Waals surface area contributed by atoms with Crippen molar-refractivity contribution in [3.8, 4) is 5.75 Å². The molecule has 1 aliphatic carbocycles. The number of aromatic nitrogens is 3. The lowest BCUT2D eigenvalue weighted by atomic mass is 10.1. The molecule has 0 radical (unpaired) electrons. The monoisotopic (exact) mass is 465 g/mol. The lowest BCUT2D eigenvalue weighted by Gasteiger charge is -2.20. The number of aryl methyl sites for hydroxylation is 1. The molecule has 2 heterocycles. The smallest absolute Gasteiger partial charge is 0.341 e. The molecule has 4 N–H and O–H groups in total. The maximum absolute atomic E-state index is 15.4. The number of fused-ring (bicyclic) bond motifs is 2. The maximum Gasteiger partial charge on any atom is 0.341 e. The zero-order chi connectivity index (χ0) is 24.0. The van der Waals surface area contributed by atoms with Gasteiger partial charge in [0.25, 0.3) is 0 Å². The summed E-state index contributed by atoms with van der Waals surface area (Å²) in [4.78, 5) is 28.9. The number of anilines is 2. The first-order valence-corrected chi connectivity index (χ1v) is 11.0. The van der Waals surface area contributed by atoms with E-state index in [4.69, 9.17) is 10.5 Å². The van der Waals surface area contributed by atoms with Gasteiger partial charge in [-0.2, -0.15) is 0 Å². The van der Waals surface area contributed by atoms with Gasteiger partial charge in [-0.15, -0.1) is 0 Å². The van der Waals surface area contributed by atoms with E-state index in [9.17, 15) is 14.7 Å². The Kier molecular flexibility index (Phi) is 5.35. The lowest BCUT2D eigenvalue weighted by Crippen LogP contribution is -2.21. The van der Waals surface area contributed by atoms with Crippen molar-refractivity contribution in [3.63, 3.8) is 0 Å². The summed E-state index contributed by atoms with van der Waals surface area (Å²) in [6, 6.07) is 7.82. The predicted octanol–water partition coefficient (Wildman–Crippen LogP) is 3.62. The lowest BCUT2D eigenvalue weighted by molar-refractivity contribution is 0.0695. The van der Waals surface area contributed by atoms with E-state index in [1.54, 1.807) is 10.9 Å². The summed E-state index contributed by atoms with van der Waals surface area (Å²) in [5.74, 6) is -2.08. The fourth-order valence-corrected chi connectivity index (χ4v) is 4.38. The van der Waals surface area contributed by atoms with Gasteiger partial charge in [-0.1, -0.05) is 12.1 Å². The van der Waals surface area contributed by atoms with Crippen LogP contribution in [0.5, 0.6) is 5.75 Å². The van der Waals surface area contributed by atoms with Crippen LogP contribution in [0.15, 0.2) is 41.6 Å². The van der Waals surface area contributed by atoms with Gasteiger partial charge >= 0.3 is 5.97 Å². The highest BCUT2D eigenvalue weighted by molar-refractivity contribution is 6.03. The summed E-state index contributed by atoms with van der Waals surface area (Å²) >= 11 is 0. The Balaban J connectivity index is 1.50. The number of nitrogen functional groups attached to an aromatic ring is 1. The minimum Gasteiger partial charge on any atom is -0.492 e. The van der Waals surface area contributed by atoms with E-state index in [1.807, 2.05) is 28.8 Å². The van der Waals surface area contributed by atoms with Crippen molar-refractivity contribution in [1.29, 1.82) is 0 Å². The van der Waals surface area contributed by atoms with Crippen molar-refractivity contribution in [2.24, 2.45) is 0 Å². The molecule has 0 unspecified atom stereocenters. The van der Waals surface area contributed by atoms with Gasteiger partial charge in [0.1, 0.15) is 11.3 Å². The second-order valence-corrected chi connectivity index (χ2v) is 8.38. The first kappa shape index (κ1) is 21.7. The third-order valence-corrected chi connectivity index (χ3v) is 6.18. The molecule has 0 aliphatic heterocycles. The summed E-state index contributed by atoms with van der Waals surface area (Å²) in [6.45, 7) is 1.07. The van der Waals surface area contributed by atoms with Crippen LogP contribution in [0.25, 0.3) is 21.9 Å². The van der Waals surface area contributed by atoms with Gasteiger partial charge in [0.05, 0.1) is 41.1 Å². The van der Waals surface area contributed by atoms with Crippen LogP contribution in [0.4, 0.5) is 15.8 Å². The van der Waals surface area contributed by atoms with E-state index >= 15 is 4.39 Å². The second kappa shape index (κ2) is 8.36. The van der Waals surface area contributed by atoms with Gasteiger partial charge in [0.2, 0.25) is 5.43 Å². The molecule has 1 aliphatic rings. The number of pyridine rings is 1. The van der Waals surface area contributed by atoms with Crippen LogP contribution in [0.2, 0.25) is 0 Å². The van der Waals surface area contributed by atoms with E-state index in [1.165, 1.54) is 13.3 Å². The second-order valence-electron chi connectivity index (χ2n) is 8.38. The summed E-state index contributed by atoms with van der Waals surface area (Å²) in [5.41, 5.74) is 6.69. The Labute approximate surface area is 193 Å². The van der Waals surface area contributed by atoms with Crippen molar-refractivity contribution < 1.29 is 19.0 Å². The number of hydrogen-bond donors (Lipinski definition) is 3. The number of rotatable bonds is 8. The van der Waals surface area contributed by atoms with Crippen molar-refractivity contribution in [2.75, 3.05) is 24.7 Å². The van der Waals surface area contributed by atoms with Crippen molar-refractivity contribution in [3.05, 3.63) is 58.4 Å². The molecule has 0 bridgehead atoms. The molecule has 9 nitrogen and oxygen atoms in total. The molecule has 2 aromatic heterocycles. The molecule has 2 aromatic carbocycles. The number of para-hydroxylation sites is 2. The normalized spacial score (nSPS) is 13.5. The summed E-state index contributed by atoms with van der Waals surface area (Å²) < 4.78 is 24.6. The molecule has 10 heteroatoms. The number of nitrogens with two attached hydrogens (primary N) is 1. The van der Waals surface area contributed by atoms with E-state index in [0.717, 1.165) is 23.9 Å². The highest BCUT2D eigenvalue weighted by atomic mass is 19.1. The number of benzene rings is 2. The molecular weight excluding hydrogens is 441 g/mol. The van der Waals surface area contributed by atoms with Crippen molar-refractivity contribution in [1.82, 2.24) is 14.1 Å². The van der Waals surface area contributed by atoms with Crippen molar-refractivity contribution in [2.45, 2.75) is 31.8 Å². The van der Waals surface area contributed by atoms with Crippen LogP contribution in [-0.4, -0.2) is 38.8 Å². The predicted molar refractivity (Wildman–Crippen MR) is 127 cm³/mol. The van der Waals surface area contributed by atoms with E-state index in [0.29, 0.717) is 25.0 Å². The van der Waals surface area contributed by atoms with Gasteiger partial charge in [0.15, 0.2) is 11.6 Å². The van der Waals surface area contributed by atoms with Crippen molar-refractivity contribution >= 4 is 39.3 Å². The quantitative estimate of drug-likeness (QED) is 0.268. The van der Waals surface area contributed by atoms with E-state index in [-0.39, 0.29) is 28.6 Å². The van der Waals surface area contributed by atoms with Crippen LogP contribution < -0.4 is 21.2 Å². The number of carboxylic acid groups (broad SMARTS) is 1. The number of nitrogens with zero attached hydrogens (tertiary/aromatic N) is 3. The summed E-state index contributed by atoms with van der Waals surface area (Å²) in [6.07, 6.45) is 5.37. The molecule has 0 amide bonds. The number of halogens is 1. The molecule has 34 heavy (non-hydrogen) atoms. The number of nitrogens with one attached hydrogen (secondary N) is 1. The molecule has 1 fully saturated rings. The molecule has 176 valence electrons. The van der Waals surface area contributed by atoms with E-state index < -0.39 is 22.8 Å².